The van der Waals surface area contributed by atoms with Crippen LogP contribution in [-0.2, 0) is 17.6 Å². The lowest BCUT2D eigenvalue weighted by Crippen LogP contribution is -2.24. The molecule has 3 nitrogen and oxygen atoms in total. The minimum atomic E-state index is -0.488. The van der Waals surface area contributed by atoms with Gasteiger partial charge in [0.25, 0.3) is 0 Å². The molecule has 80 valence electrons. The Kier molecular flexibility index (Phi) is 4.06. The molecule has 0 heterocycles. The fourth-order valence-corrected chi connectivity index (χ4v) is 1.46. The van der Waals surface area contributed by atoms with Gasteiger partial charge in [-0.15, -0.1) is 6.58 Å². The van der Waals surface area contributed by atoms with E-state index in [1.165, 1.54) is 0 Å². The van der Waals surface area contributed by atoms with Gasteiger partial charge in [0.05, 0.1) is 6.04 Å². The van der Waals surface area contributed by atoms with E-state index < -0.39 is 6.04 Å². The fraction of sp³-hybridized carbons (Fsp3) is 0.250. The van der Waals surface area contributed by atoms with Crippen LogP contribution in [0.2, 0.25) is 0 Å². The van der Waals surface area contributed by atoms with Crippen molar-refractivity contribution in [1.29, 1.82) is 0 Å². The molecule has 1 atom stereocenters. The fourth-order valence-electron chi connectivity index (χ4n) is 1.46. The highest BCUT2D eigenvalue weighted by Gasteiger charge is 2.07. The minimum absolute atomic E-state index is 0.218. The Morgan fingerprint density at radius 3 is 2.80 bits per heavy atom. The van der Waals surface area contributed by atoms with Crippen molar-refractivity contribution in [2.24, 2.45) is 5.73 Å². The average molecular weight is 205 g/mol. The molecule has 0 aliphatic heterocycles. The van der Waals surface area contributed by atoms with Gasteiger partial charge in [-0.1, -0.05) is 12.1 Å². The number of allylic oxidation sites excluding steroid dienone is 1. The highest BCUT2D eigenvalue weighted by atomic mass is 16.3. The molecule has 0 fully saturated rings. The van der Waals surface area contributed by atoms with Crippen molar-refractivity contribution in [2.75, 3.05) is 0 Å². The maximum atomic E-state index is 10.5. The summed E-state index contributed by atoms with van der Waals surface area (Å²) in [4.78, 5) is 10.5. The van der Waals surface area contributed by atoms with Gasteiger partial charge < -0.3 is 15.6 Å². The van der Waals surface area contributed by atoms with Crippen LogP contribution in [0.25, 0.3) is 0 Å². The molecule has 3 N–H and O–H groups in total. The van der Waals surface area contributed by atoms with Crippen LogP contribution in [-0.4, -0.2) is 17.4 Å². The first-order valence-electron chi connectivity index (χ1n) is 4.80. The van der Waals surface area contributed by atoms with Gasteiger partial charge in [-0.25, -0.2) is 0 Å². The van der Waals surface area contributed by atoms with Gasteiger partial charge in [0.15, 0.2) is 0 Å². The molecule has 15 heavy (non-hydrogen) atoms. The normalized spacial score (nSPS) is 12.1. The lowest BCUT2D eigenvalue weighted by Gasteiger charge is -2.10. The van der Waals surface area contributed by atoms with Crippen LogP contribution in [0, 0.1) is 0 Å². The van der Waals surface area contributed by atoms with Crippen molar-refractivity contribution < 1.29 is 9.90 Å². The second-order valence-electron chi connectivity index (χ2n) is 3.45. The average Bonchev–Trinajstić information content (AvgIpc) is 2.22. The molecular formula is C12H15NO2. The second-order valence-corrected chi connectivity index (χ2v) is 3.45. The van der Waals surface area contributed by atoms with E-state index in [-0.39, 0.29) is 5.75 Å². The molecule has 1 aromatic rings. The summed E-state index contributed by atoms with van der Waals surface area (Å²) in [6.07, 6.45) is 3.64. The first-order chi connectivity index (χ1) is 7.17. The number of benzene rings is 1. The van der Waals surface area contributed by atoms with E-state index in [2.05, 4.69) is 6.58 Å². The van der Waals surface area contributed by atoms with E-state index in [1.54, 1.807) is 24.3 Å². The summed E-state index contributed by atoms with van der Waals surface area (Å²) in [5.74, 6) is 0.218. The van der Waals surface area contributed by atoms with E-state index in [0.29, 0.717) is 12.8 Å². The van der Waals surface area contributed by atoms with Gasteiger partial charge in [-0.3, -0.25) is 0 Å². The minimum Gasteiger partial charge on any atom is -0.508 e. The molecule has 0 unspecified atom stereocenters. The molecule has 0 radical (unpaired) electrons. The van der Waals surface area contributed by atoms with Crippen LogP contribution < -0.4 is 5.73 Å². The van der Waals surface area contributed by atoms with Crippen LogP contribution in [0.4, 0.5) is 0 Å². The van der Waals surface area contributed by atoms with Gasteiger partial charge in [0, 0.05) is 0 Å². The first kappa shape index (κ1) is 11.5. The third-order valence-corrected chi connectivity index (χ3v) is 2.18. The van der Waals surface area contributed by atoms with Gasteiger partial charge in [-0.05, 0) is 36.1 Å². The molecule has 1 aromatic carbocycles. The van der Waals surface area contributed by atoms with E-state index in [0.717, 1.165) is 17.4 Å². The van der Waals surface area contributed by atoms with E-state index in [1.807, 2.05) is 0 Å². The molecule has 0 aromatic heterocycles. The predicted octanol–water partition coefficient (Wildman–Crippen LogP) is 1.19. The number of carbonyl (C=O) groups excluding carboxylic acids is 1. The quantitative estimate of drug-likeness (QED) is 0.560. The molecule has 0 saturated heterocycles. The zero-order chi connectivity index (χ0) is 11.3. The zero-order valence-corrected chi connectivity index (χ0v) is 8.52. The van der Waals surface area contributed by atoms with Crippen LogP contribution >= 0.6 is 0 Å². The van der Waals surface area contributed by atoms with E-state index in [4.69, 9.17) is 5.73 Å². The van der Waals surface area contributed by atoms with Crippen LogP contribution in [0.1, 0.15) is 11.1 Å². The van der Waals surface area contributed by atoms with Crippen molar-refractivity contribution in [3.05, 3.63) is 42.0 Å². The summed E-state index contributed by atoms with van der Waals surface area (Å²) in [5, 5.41) is 9.32. The number of hydrogen-bond acceptors (Lipinski definition) is 3. The van der Waals surface area contributed by atoms with Crippen LogP contribution in [0.5, 0.6) is 5.75 Å². The maximum Gasteiger partial charge on any atom is 0.137 e. The Labute approximate surface area is 89.2 Å². The van der Waals surface area contributed by atoms with Gasteiger partial charge in [-0.2, -0.15) is 0 Å². The predicted molar refractivity (Wildman–Crippen MR) is 59.8 cm³/mol. The number of aldehydes is 1. The second kappa shape index (κ2) is 5.32. The highest BCUT2D eigenvalue weighted by molar-refractivity contribution is 5.58. The number of phenols is 1. The van der Waals surface area contributed by atoms with E-state index in [9.17, 15) is 9.90 Å². The summed E-state index contributed by atoms with van der Waals surface area (Å²) < 4.78 is 0. The third-order valence-electron chi connectivity index (χ3n) is 2.18. The molecule has 0 bridgehead atoms. The lowest BCUT2D eigenvalue weighted by atomic mass is 9.98. The zero-order valence-electron chi connectivity index (χ0n) is 8.52. The monoisotopic (exact) mass is 205 g/mol. The molecule has 0 aliphatic rings. The molecule has 0 amide bonds. The Bertz CT molecular complexity index is 361. The van der Waals surface area contributed by atoms with Crippen molar-refractivity contribution >= 4 is 6.29 Å². The van der Waals surface area contributed by atoms with Crippen molar-refractivity contribution in [3.8, 4) is 5.75 Å². The smallest absolute Gasteiger partial charge is 0.137 e. The molecule has 0 aliphatic carbocycles. The molecule has 1 rings (SSSR count). The molecule has 3 heteroatoms. The van der Waals surface area contributed by atoms with Gasteiger partial charge >= 0.3 is 0 Å². The van der Waals surface area contributed by atoms with Crippen LogP contribution in [0.15, 0.2) is 30.9 Å². The standard InChI is InChI=1S/C12H15NO2/c1-2-3-9-7-12(15)5-4-10(9)6-11(13)8-14/h2,4-5,7-8,11,15H,1,3,6,13H2/t11-/m0/s1. The summed E-state index contributed by atoms with van der Waals surface area (Å²) in [6.45, 7) is 3.64. The Morgan fingerprint density at radius 1 is 1.47 bits per heavy atom. The van der Waals surface area contributed by atoms with Crippen molar-refractivity contribution in [1.82, 2.24) is 0 Å². The highest BCUT2D eigenvalue weighted by Crippen LogP contribution is 2.18. The SMILES string of the molecule is C=CCc1cc(O)ccc1C[C@H](N)C=O. The Morgan fingerprint density at radius 2 is 2.20 bits per heavy atom. The van der Waals surface area contributed by atoms with Gasteiger partial charge in [0.2, 0.25) is 0 Å². The topological polar surface area (TPSA) is 63.3 Å². The van der Waals surface area contributed by atoms with Crippen molar-refractivity contribution in [2.45, 2.75) is 18.9 Å². The number of phenolic OH excluding ortho intramolecular Hbond substituents is 1. The van der Waals surface area contributed by atoms with Gasteiger partial charge in [0.1, 0.15) is 12.0 Å². The van der Waals surface area contributed by atoms with Crippen molar-refractivity contribution in [3.63, 3.8) is 0 Å². The number of nitrogens with two attached hydrogens (primary N) is 1. The molecular weight excluding hydrogens is 190 g/mol. The molecule has 0 spiro atoms. The summed E-state index contributed by atoms with van der Waals surface area (Å²) in [5.41, 5.74) is 7.49. The van der Waals surface area contributed by atoms with Crippen LogP contribution in [0.3, 0.4) is 0 Å². The number of aromatic hydroxyl groups is 1. The number of carbonyl (C=O) groups is 1. The Balaban J connectivity index is 2.94. The summed E-state index contributed by atoms with van der Waals surface area (Å²) >= 11 is 0. The van der Waals surface area contributed by atoms with E-state index >= 15 is 0 Å². The first-order valence-corrected chi connectivity index (χ1v) is 4.80. The number of rotatable bonds is 5. The summed E-state index contributed by atoms with van der Waals surface area (Å²) in [6, 6.07) is 4.57. The largest absolute Gasteiger partial charge is 0.508 e. The lowest BCUT2D eigenvalue weighted by molar-refractivity contribution is -0.108. The molecule has 0 saturated carbocycles. The third kappa shape index (κ3) is 3.22. The number of hydrogen-bond donors (Lipinski definition) is 2. The Hall–Kier alpha value is -1.61. The maximum absolute atomic E-state index is 10.5. The summed E-state index contributed by atoms with van der Waals surface area (Å²) in [7, 11) is 0.